The van der Waals surface area contributed by atoms with Crippen molar-refractivity contribution < 1.29 is 9.21 Å². The van der Waals surface area contributed by atoms with E-state index in [1.165, 1.54) is 19.3 Å². The molecular formula is C16H25N3O2. The van der Waals surface area contributed by atoms with E-state index >= 15 is 0 Å². The molecule has 5 heteroatoms. The molecule has 1 atom stereocenters. The topological polar surface area (TPSA) is 48.7 Å². The third-order valence-electron chi connectivity index (χ3n) is 4.50. The fourth-order valence-electron chi connectivity index (χ4n) is 3.21. The zero-order valence-corrected chi connectivity index (χ0v) is 12.6. The molecule has 2 fully saturated rings. The summed E-state index contributed by atoms with van der Waals surface area (Å²) >= 11 is 0. The Hall–Kier alpha value is -1.33. The van der Waals surface area contributed by atoms with Crippen molar-refractivity contribution in [1.29, 1.82) is 0 Å². The van der Waals surface area contributed by atoms with Gasteiger partial charge in [-0.2, -0.15) is 0 Å². The molecule has 2 aliphatic rings. The van der Waals surface area contributed by atoms with Gasteiger partial charge in [0.05, 0.1) is 18.8 Å². The van der Waals surface area contributed by atoms with Gasteiger partial charge in [-0.05, 0) is 31.5 Å². The zero-order valence-electron chi connectivity index (χ0n) is 12.6. The van der Waals surface area contributed by atoms with Gasteiger partial charge in [-0.1, -0.05) is 12.8 Å². The first kappa shape index (κ1) is 14.6. The molecule has 0 bridgehead atoms. The van der Waals surface area contributed by atoms with Crippen molar-refractivity contribution in [1.82, 2.24) is 15.1 Å². The average Bonchev–Trinajstić information content (AvgIpc) is 2.87. The smallest absolute Gasteiger partial charge is 0.239 e. The quantitative estimate of drug-likeness (QED) is 0.916. The maximum atomic E-state index is 12.6. The predicted octanol–water partition coefficient (Wildman–Crippen LogP) is 1.46. The lowest BCUT2D eigenvalue weighted by Crippen LogP contribution is -2.53. The van der Waals surface area contributed by atoms with E-state index < -0.39 is 0 Å². The van der Waals surface area contributed by atoms with Crippen LogP contribution in [0.25, 0.3) is 0 Å². The molecule has 1 aromatic rings. The van der Waals surface area contributed by atoms with Crippen LogP contribution in [0.4, 0.5) is 0 Å². The second-order valence-corrected chi connectivity index (χ2v) is 6.04. The molecular weight excluding hydrogens is 266 g/mol. The van der Waals surface area contributed by atoms with Gasteiger partial charge in [0.1, 0.15) is 5.76 Å². The Kier molecular flexibility index (Phi) is 4.93. The summed E-state index contributed by atoms with van der Waals surface area (Å²) in [4.78, 5) is 16.9. The summed E-state index contributed by atoms with van der Waals surface area (Å²) in [5.41, 5.74) is 0. The lowest BCUT2D eigenvalue weighted by molar-refractivity contribution is -0.135. The summed E-state index contributed by atoms with van der Waals surface area (Å²) in [5.74, 6) is 1.30. The van der Waals surface area contributed by atoms with E-state index in [1.54, 1.807) is 6.26 Å². The van der Waals surface area contributed by atoms with E-state index in [0.717, 1.165) is 51.4 Å². The zero-order chi connectivity index (χ0) is 14.5. The van der Waals surface area contributed by atoms with E-state index in [1.807, 2.05) is 17.0 Å². The average molecular weight is 291 g/mol. The highest BCUT2D eigenvalue weighted by atomic mass is 16.3. The monoisotopic (exact) mass is 291 g/mol. The van der Waals surface area contributed by atoms with Gasteiger partial charge in [0, 0.05) is 26.2 Å². The number of hydrogen-bond donors (Lipinski definition) is 1. The van der Waals surface area contributed by atoms with Crippen LogP contribution in [0.2, 0.25) is 0 Å². The molecule has 21 heavy (non-hydrogen) atoms. The van der Waals surface area contributed by atoms with Crippen molar-refractivity contribution in [2.24, 2.45) is 0 Å². The van der Waals surface area contributed by atoms with Crippen molar-refractivity contribution in [2.75, 3.05) is 32.7 Å². The molecule has 116 valence electrons. The van der Waals surface area contributed by atoms with Crippen LogP contribution in [-0.2, 0) is 11.3 Å². The molecule has 0 radical (unpaired) electrons. The third-order valence-corrected chi connectivity index (χ3v) is 4.50. The summed E-state index contributed by atoms with van der Waals surface area (Å²) in [5, 5.41) is 3.41. The minimum atomic E-state index is 0.0455. The Morgan fingerprint density at radius 3 is 2.86 bits per heavy atom. The Bertz CT molecular complexity index is 430. The molecule has 2 saturated heterocycles. The minimum Gasteiger partial charge on any atom is -0.468 e. The first-order chi connectivity index (χ1) is 10.3. The molecule has 0 aromatic carbocycles. The van der Waals surface area contributed by atoms with Gasteiger partial charge in [0.2, 0.25) is 5.91 Å². The predicted molar refractivity (Wildman–Crippen MR) is 80.8 cm³/mol. The SMILES string of the molecule is O=C(C1CCCCCN1)N1CCN(Cc2ccco2)CC1. The standard InChI is InChI=1S/C16H25N3O2/c20-16(15-6-2-1-3-7-17-15)19-10-8-18(9-11-19)13-14-5-4-12-21-14/h4-5,12,15,17H,1-3,6-11,13H2. The first-order valence-electron chi connectivity index (χ1n) is 8.10. The molecule has 1 aromatic heterocycles. The Balaban J connectivity index is 1.47. The fourth-order valence-corrected chi connectivity index (χ4v) is 3.21. The molecule has 0 aliphatic carbocycles. The van der Waals surface area contributed by atoms with Crippen LogP contribution >= 0.6 is 0 Å². The number of amides is 1. The normalized spacial score (nSPS) is 24.8. The van der Waals surface area contributed by atoms with E-state index in [0.29, 0.717) is 5.91 Å². The van der Waals surface area contributed by atoms with Crippen molar-refractivity contribution in [3.8, 4) is 0 Å². The van der Waals surface area contributed by atoms with Crippen LogP contribution in [0, 0.1) is 0 Å². The van der Waals surface area contributed by atoms with Crippen molar-refractivity contribution in [2.45, 2.75) is 38.3 Å². The summed E-state index contributed by atoms with van der Waals surface area (Å²) in [6.45, 7) is 5.35. The van der Waals surface area contributed by atoms with Crippen molar-refractivity contribution in [3.63, 3.8) is 0 Å². The highest BCUT2D eigenvalue weighted by molar-refractivity contribution is 5.82. The molecule has 1 N–H and O–H groups in total. The van der Waals surface area contributed by atoms with Gasteiger partial charge in [-0.25, -0.2) is 0 Å². The Morgan fingerprint density at radius 1 is 1.24 bits per heavy atom. The number of hydrogen-bond acceptors (Lipinski definition) is 4. The Labute approximate surface area is 126 Å². The van der Waals surface area contributed by atoms with Gasteiger partial charge < -0.3 is 14.6 Å². The van der Waals surface area contributed by atoms with Gasteiger partial charge in [-0.15, -0.1) is 0 Å². The van der Waals surface area contributed by atoms with Crippen LogP contribution < -0.4 is 5.32 Å². The summed E-state index contributed by atoms with van der Waals surface area (Å²) in [6.07, 6.45) is 6.31. The molecule has 1 amide bonds. The van der Waals surface area contributed by atoms with Crippen LogP contribution in [0.3, 0.4) is 0 Å². The van der Waals surface area contributed by atoms with Gasteiger partial charge in [0.15, 0.2) is 0 Å². The van der Waals surface area contributed by atoms with Crippen molar-refractivity contribution in [3.05, 3.63) is 24.2 Å². The number of carbonyl (C=O) groups excluding carboxylic acids is 1. The van der Waals surface area contributed by atoms with Crippen LogP contribution in [0.5, 0.6) is 0 Å². The molecule has 3 heterocycles. The fraction of sp³-hybridized carbons (Fsp3) is 0.688. The third kappa shape index (κ3) is 3.86. The van der Waals surface area contributed by atoms with E-state index in [2.05, 4.69) is 10.2 Å². The van der Waals surface area contributed by atoms with Gasteiger partial charge in [0.25, 0.3) is 0 Å². The van der Waals surface area contributed by atoms with Crippen LogP contribution in [0.1, 0.15) is 31.4 Å². The Morgan fingerprint density at radius 2 is 2.10 bits per heavy atom. The molecule has 5 nitrogen and oxygen atoms in total. The number of nitrogens with one attached hydrogen (secondary N) is 1. The highest BCUT2D eigenvalue weighted by Gasteiger charge is 2.27. The van der Waals surface area contributed by atoms with Gasteiger partial charge in [-0.3, -0.25) is 9.69 Å². The molecule has 0 saturated carbocycles. The second-order valence-electron chi connectivity index (χ2n) is 6.04. The maximum absolute atomic E-state index is 12.6. The second kappa shape index (κ2) is 7.09. The maximum Gasteiger partial charge on any atom is 0.239 e. The first-order valence-corrected chi connectivity index (χ1v) is 8.10. The van der Waals surface area contributed by atoms with Crippen molar-refractivity contribution >= 4 is 5.91 Å². The number of rotatable bonds is 3. The van der Waals surface area contributed by atoms with E-state index in [4.69, 9.17) is 4.42 Å². The minimum absolute atomic E-state index is 0.0455. The van der Waals surface area contributed by atoms with Crippen LogP contribution in [0.15, 0.2) is 22.8 Å². The number of carbonyl (C=O) groups is 1. The highest BCUT2D eigenvalue weighted by Crippen LogP contribution is 2.14. The molecule has 0 spiro atoms. The van der Waals surface area contributed by atoms with E-state index in [-0.39, 0.29) is 6.04 Å². The summed E-state index contributed by atoms with van der Waals surface area (Å²) in [6, 6.07) is 3.98. The summed E-state index contributed by atoms with van der Waals surface area (Å²) in [7, 11) is 0. The lowest BCUT2D eigenvalue weighted by atomic mass is 10.1. The molecule has 3 rings (SSSR count). The molecule has 1 unspecified atom stereocenters. The number of nitrogens with zero attached hydrogens (tertiary/aromatic N) is 2. The number of piperazine rings is 1. The van der Waals surface area contributed by atoms with Gasteiger partial charge >= 0.3 is 0 Å². The van der Waals surface area contributed by atoms with Crippen LogP contribution in [-0.4, -0.2) is 54.5 Å². The number of furan rings is 1. The van der Waals surface area contributed by atoms with E-state index in [9.17, 15) is 4.79 Å². The summed E-state index contributed by atoms with van der Waals surface area (Å²) < 4.78 is 5.39. The molecule has 2 aliphatic heterocycles. The largest absolute Gasteiger partial charge is 0.468 e. The lowest BCUT2D eigenvalue weighted by Gasteiger charge is -2.36.